The zero-order chi connectivity index (χ0) is 14.7. The summed E-state index contributed by atoms with van der Waals surface area (Å²) in [7, 11) is 0. The fourth-order valence-corrected chi connectivity index (χ4v) is 1.78. The number of amides is 2. The summed E-state index contributed by atoms with van der Waals surface area (Å²) in [5, 5.41) is 11.4. The van der Waals surface area contributed by atoms with Crippen molar-refractivity contribution in [2.45, 2.75) is 6.42 Å². The molecule has 1 fully saturated rings. The van der Waals surface area contributed by atoms with E-state index >= 15 is 0 Å². The first-order valence-electron chi connectivity index (χ1n) is 6.02. The van der Waals surface area contributed by atoms with Gasteiger partial charge in [-0.05, 0) is 30.7 Å². The van der Waals surface area contributed by atoms with E-state index in [0.717, 1.165) is 0 Å². The molecule has 0 saturated heterocycles. The van der Waals surface area contributed by atoms with E-state index in [0.29, 0.717) is 17.9 Å². The third kappa shape index (κ3) is 3.47. The molecule has 0 bridgehead atoms. The van der Waals surface area contributed by atoms with Gasteiger partial charge in [-0.3, -0.25) is 14.4 Å². The summed E-state index contributed by atoms with van der Waals surface area (Å²) < 4.78 is 5.07. The Labute approximate surface area is 114 Å². The maximum absolute atomic E-state index is 11.7. The molecule has 1 aromatic carbocycles. The molecule has 0 heterocycles. The van der Waals surface area contributed by atoms with Gasteiger partial charge in [0.05, 0.1) is 11.8 Å². The summed E-state index contributed by atoms with van der Waals surface area (Å²) >= 11 is 0. The van der Waals surface area contributed by atoms with E-state index in [2.05, 4.69) is 5.32 Å². The minimum Gasteiger partial charge on any atom is -0.484 e. The molecular weight excluding hydrogens is 264 g/mol. The van der Waals surface area contributed by atoms with Gasteiger partial charge in [-0.1, -0.05) is 0 Å². The van der Waals surface area contributed by atoms with Crippen LogP contribution in [0.25, 0.3) is 0 Å². The molecule has 4 N–H and O–H groups in total. The van der Waals surface area contributed by atoms with Gasteiger partial charge in [0.1, 0.15) is 5.75 Å². The van der Waals surface area contributed by atoms with Gasteiger partial charge in [-0.15, -0.1) is 0 Å². The van der Waals surface area contributed by atoms with Gasteiger partial charge in [0.15, 0.2) is 6.61 Å². The summed E-state index contributed by atoms with van der Waals surface area (Å²) in [5.41, 5.74) is 5.48. The van der Waals surface area contributed by atoms with Gasteiger partial charge >= 0.3 is 5.97 Å². The first-order valence-corrected chi connectivity index (χ1v) is 6.02. The Balaban J connectivity index is 1.86. The first kappa shape index (κ1) is 13.9. The van der Waals surface area contributed by atoms with Crippen LogP contribution in [0.15, 0.2) is 24.3 Å². The van der Waals surface area contributed by atoms with Gasteiger partial charge in [-0.25, -0.2) is 0 Å². The van der Waals surface area contributed by atoms with Crippen molar-refractivity contribution in [3.05, 3.63) is 24.3 Å². The second-order valence-corrected chi connectivity index (χ2v) is 4.56. The monoisotopic (exact) mass is 278 g/mol. The molecule has 0 radical (unpaired) electrons. The number of nitrogens with one attached hydrogen (secondary N) is 1. The van der Waals surface area contributed by atoms with Crippen LogP contribution in [0.2, 0.25) is 0 Å². The second kappa shape index (κ2) is 5.60. The number of nitrogens with two attached hydrogens (primary N) is 1. The third-order valence-corrected chi connectivity index (χ3v) is 2.95. The molecule has 7 nitrogen and oxygen atoms in total. The normalized spacial score (nSPS) is 20.0. The molecule has 20 heavy (non-hydrogen) atoms. The number of benzene rings is 1. The molecule has 1 aromatic rings. The van der Waals surface area contributed by atoms with Crippen molar-refractivity contribution in [3.63, 3.8) is 0 Å². The average Bonchev–Trinajstić information content (AvgIpc) is 3.18. The summed E-state index contributed by atoms with van der Waals surface area (Å²) in [6.07, 6.45) is 0.376. The van der Waals surface area contributed by atoms with E-state index < -0.39 is 23.7 Å². The predicted molar refractivity (Wildman–Crippen MR) is 69.0 cm³/mol. The highest BCUT2D eigenvalue weighted by molar-refractivity contribution is 5.98. The molecule has 2 amide bonds. The number of carboxylic acid groups (broad SMARTS) is 1. The number of rotatable bonds is 6. The Morgan fingerprint density at radius 3 is 2.40 bits per heavy atom. The number of anilines is 1. The largest absolute Gasteiger partial charge is 0.484 e. The Hall–Kier alpha value is -2.57. The van der Waals surface area contributed by atoms with Crippen molar-refractivity contribution in [2.75, 3.05) is 11.9 Å². The van der Waals surface area contributed by atoms with Gasteiger partial charge < -0.3 is 20.9 Å². The lowest BCUT2D eigenvalue weighted by atomic mass is 10.2. The minimum atomic E-state index is -0.944. The summed E-state index contributed by atoms with van der Waals surface area (Å²) in [5.74, 6) is -2.40. The highest BCUT2D eigenvalue weighted by Gasteiger charge is 2.48. The van der Waals surface area contributed by atoms with E-state index in [4.69, 9.17) is 15.6 Å². The molecular formula is C13H14N2O5. The number of primary amides is 1. The number of carbonyl (C=O) groups is 3. The van der Waals surface area contributed by atoms with Crippen LogP contribution in [0.4, 0.5) is 5.69 Å². The lowest BCUT2D eigenvalue weighted by molar-refractivity contribution is -0.139. The van der Waals surface area contributed by atoms with Crippen LogP contribution in [-0.4, -0.2) is 29.5 Å². The van der Waals surface area contributed by atoms with Gasteiger partial charge in [-0.2, -0.15) is 0 Å². The minimum absolute atomic E-state index is 0.214. The van der Waals surface area contributed by atoms with Crippen molar-refractivity contribution >= 4 is 23.5 Å². The van der Waals surface area contributed by atoms with Crippen LogP contribution in [0.1, 0.15) is 6.42 Å². The smallest absolute Gasteiger partial charge is 0.307 e. The molecule has 2 rings (SSSR count). The van der Waals surface area contributed by atoms with E-state index in [9.17, 15) is 14.4 Å². The van der Waals surface area contributed by atoms with Crippen LogP contribution in [0, 0.1) is 11.8 Å². The van der Waals surface area contributed by atoms with Gasteiger partial charge in [0.2, 0.25) is 5.91 Å². The molecule has 106 valence electrons. The van der Waals surface area contributed by atoms with Crippen LogP contribution < -0.4 is 15.8 Å². The maximum atomic E-state index is 11.7. The molecule has 0 aliphatic heterocycles. The Kier molecular flexibility index (Phi) is 3.88. The third-order valence-electron chi connectivity index (χ3n) is 2.95. The Bertz CT molecular complexity index is 540. The van der Waals surface area contributed by atoms with Gasteiger partial charge in [0, 0.05) is 5.69 Å². The van der Waals surface area contributed by atoms with Crippen molar-refractivity contribution in [1.29, 1.82) is 0 Å². The lowest BCUT2D eigenvalue weighted by Crippen LogP contribution is -2.20. The zero-order valence-corrected chi connectivity index (χ0v) is 10.5. The fraction of sp³-hybridized carbons (Fsp3) is 0.308. The van der Waals surface area contributed by atoms with Crippen LogP contribution >= 0.6 is 0 Å². The maximum Gasteiger partial charge on any atom is 0.307 e. The molecule has 0 aromatic heterocycles. The number of hydrogen-bond donors (Lipinski definition) is 3. The average molecular weight is 278 g/mol. The second-order valence-electron chi connectivity index (χ2n) is 4.56. The Morgan fingerprint density at radius 2 is 1.90 bits per heavy atom. The van der Waals surface area contributed by atoms with E-state index in [1.165, 1.54) is 0 Å². The first-order chi connectivity index (χ1) is 9.47. The Morgan fingerprint density at radius 1 is 1.25 bits per heavy atom. The quantitative estimate of drug-likeness (QED) is 0.687. The molecule has 7 heteroatoms. The standard InChI is InChI=1S/C13H14N2O5/c14-11(16)6-20-8-3-1-7(2-4-8)15-12(17)9-5-10(9)13(18)19/h1-4,9-10H,5-6H2,(H2,14,16)(H,15,17)(H,18,19)/t9-,10+/m1/s1. The van der Waals surface area contributed by atoms with E-state index in [1.54, 1.807) is 24.3 Å². The highest BCUT2D eigenvalue weighted by Crippen LogP contribution is 2.39. The number of ether oxygens (including phenoxy) is 1. The number of carbonyl (C=O) groups excluding carboxylic acids is 2. The van der Waals surface area contributed by atoms with Crippen molar-refractivity contribution in [2.24, 2.45) is 17.6 Å². The molecule has 0 spiro atoms. The van der Waals surface area contributed by atoms with Crippen molar-refractivity contribution in [3.8, 4) is 5.75 Å². The van der Waals surface area contributed by atoms with Crippen molar-refractivity contribution in [1.82, 2.24) is 0 Å². The number of carboxylic acids is 1. The van der Waals surface area contributed by atoms with Crippen LogP contribution in [0.3, 0.4) is 0 Å². The summed E-state index contributed by atoms with van der Waals surface area (Å²) in [6.45, 7) is -0.214. The van der Waals surface area contributed by atoms with E-state index in [-0.39, 0.29) is 12.5 Å². The number of aliphatic carboxylic acids is 1. The van der Waals surface area contributed by atoms with Crippen LogP contribution in [0.5, 0.6) is 5.75 Å². The topological polar surface area (TPSA) is 119 Å². The zero-order valence-electron chi connectivity index (χ0n) is 10.5. The SMILES string of the molecule is NC(=O)COc1ccc(NC(=O)[C@@H]2C[C@@H]2C(=O)O)cc1. The molecule has 0 unspecified atom stereocenters. The predicted octanol–water partition coefficient (Wildman–Crippen LogP) is 0.210. The van der Waals surface area contributed by atoms with Crippen molar-refractivity contribution < 1.29 is 24.2 Å². The molecule has 1 saturated carbocycles. The summed E-state index contributed by atoms with van der Waals surface area (Å²) in [6, 6.07) is 6.37. The number of hydrogen-bond acceptors (Lipinski definition) is 4. The lowest BCUT2D eigenvalue weighted by Gasteiger charge is -2.07. The highest BCUT2D eigenvalue weighted by atomic mass is 16.5. The molecule has 1 aliphatic carbocycles. The summed E-state index contributed by atoms with van der Waals surface area (Å²) in [4.78, 5) is 32.9. The molecule has 1 aliphatic rings. The van der Waals surface area contributed by atoms with Crippen LogP contribution in [-0.2, 0) is 14.4 Å². The van der Waals surface area contributed by atoms with E-state index in [1.807, 2.05) is 0 Å². The molecule has 2 atom stereocenters. The van der Waals surface area contributed by atoms with Gasteiger partial charge in [0.25, 0.3) is 5.91 Å². The fourth-order valence-electron chi connectivity index (χ4n) is 1.78.